The molecule has 0 saturated heterocycles. The molecule has 0 amide bonds. The summed E-state index contributed by atoms with van der Waals surface area (Å²) in [6.45, 7) is 0. The summed E-state index contributed by atoms with van der Waals surface area (Å²) in [5.41, 5.74) is -0.0909. The predicted molar refractivity (Wildman–Crippen MR) is 47.3 cm³/mol. The molecule has 0 bridgehead atoms. The molecule has 10 heteroatoms. The van der Waals surface area contributed by atoms with Crippen LogP contribution in [0.3, 0.4) is 0 Å². The number of rotatable bonds is 1. The monoisotopic (exact) mass is 234 g/mol. The fraction of sp³-hybridized carbons (Fsp3) is 0.167. The van der Waals surface area contributed by atoms with Gasteiger partial charge in [0.1, 0.15) is 0 Å². The van der Waals surface area contributed by atoms with Crippen molar-refractivity contribution in [3.63, 3.8) is 0 Å². The molecule has 16 heavy (non-hydrogen) atoms. The summed E-state index contributed by atoms with van der Waals surface area (Å²) in [6, 6.07) is 0. The number of nitrogens with two attached hydrogens (primary N) is 1. The average Bonchev–Trinajstić information content (AvgIpc) is 2.63. The van der Waals surface area contributed by atoms with E-state index in [-0.39, 0.29) is 11.2 Å². The van der Waals surface area contributed by atoms with Gasteiger partial charge >= 0.3 is 6.30 Å². The van der Waals surface area contributed by atoms with Gasteiger partial charge in [0.2, 0.25) is 5.95 Å². The van der Waals surface area contributed by atoms with Crippen LogP contribution in [0.15, 0.2) is 11.1 Å². The Bertz CT molecular complexity index is 584. The lowest BCUT2D eigenvalue weighted by atomic mass is 10.5. The molecule has 0 saturated carbocycles. The molecule has 2 aromatic rings. The maximum absolute atomic E-state index is 12.5. The van der Waals surface area contributed by atoms with Gasteiger partial charge < -0.3 is 4.98 Å². The summed E-state index contributed by atoms with van der Waals surface area (Å²) in [5.74, 6) is 4.04. The Labute approximate surface area is 85.1 Å². The number of hydrogen-bond donors (Lipinski definition) is 3. The van der Waals surface area contributed by atoms with E-state index in [2.05, 4.69) is 15.0 Å². The first-order valence-electron chi connectivity index (χ1n) is 3.95. The van der Waals surface area contributed by atoms with Gasteiger partial charge in [-0.15, -0.1) is 13.2 Å². The minimum absolute atomic E-state index is 0.140. The Morgan fingerprint density at radius 1 is 1.50 bits per heavy atom. The number of imidazole rings is 1. The molecule has 0 atom stereocenters. The van der Waals surface area contributed by atoms with E-state index >= 15 is 0 Å². The number of fused-ring (bicyclic) bond motifs is 1. The number of halogens is 3. The number of hydrazine groups is 1. The van der Waals surface area contributed by atoms with E-state index in [0.29, 0.717) is 0 Å². The van der Waals surface area contributed by atoms with E-state index in [0.717, 1.165) is 6.33 Å². The molecule has 0 unspecified atom stereocenters. The highest BCUT2D eigenvalue weighted by Gasteiger charge is 2.36. The van der Waals surface area contributed by atoms with E-state index in [1.807, 2.05) is 0 Å². The highest BCUT2D eigenvalue weighted by molar-refractivity contribution is 5.70. The quantitative estimate of drug-likeness (QED) is 0.471. The van der Waals surface area contributed by atoms with Crippen molar-refractivity contribution in [1.29, 1.82) is 0 Å². The Morgan fingerprint density at radius 2 is 2.19 bits per heavy atom. The van der Waals surface area contributed by atoms with Crippen molar-refractivity contribution in [3.05, 3.63) is 16.7 Å². The maximum Gasteiger partial charge on any atom is 0.494 e. The molecule has 2 aromatic heterocycles. The Morgan fingerprint density at radius 3 is 2.75 bits per heavy atom. The molecule has 0 aliphatic rings. The number of alkyl halides is 3. The minimum atomic E-state index is -4.91. The van der Waals surface area contributed by atoms with Crippen LogP contribution in [0, 0.1) is 0 Å². The van der Waals surface area contributed by atoms with Crippen LogP contribution >= 0.6 is 0 Å². The van der Waals surface area contributed by atoms with Gasteiger partial charge in [-0.1, -0.05) is 0 Å². The van der Waals surface area contributed by atoms with Crippen LogP contribution in [0.25, 0.3) is 11.2 Å². The van der Waals surface area contributed by atoms with Gasteiger partial charge in [0.25, 0.3) is 5.56 Å². The van der Waals surface area contributed by atoms with Crippen molar-refractivity contribution in [2.75, 3.05) is 5.43 Å². The van der Waals surface area contributed by atoms with Crippen LogP contribution in [0.1, 0.15) is 0 Å². The molecule has 0 aromatic carbocycles. The highest BCUT2D eigenvalue weighted by atomic mass is 19.4. The summed E-state index contributed by atoms with van der Waals surface area (Å²) in [7, 11) is 0. The number of anilines is 1. The lowest BCUT2D eigenvalue weighted by Crippen LogP contribution is -2.35. The summed E-state index contributed by atoms with van der Waals surface area (Å²) < 4.78 is 37.1. The number of nitrogen functional groups attached to an aromatic ring is 1. The third kappa shape index (κ3) is 1.39. The first-order valence-corrected chi connectivity index (χ1v) is 3.95. The van der Waals surface area contributed by atoms with E-state index < -0.39 is 22.4 Å². The fourth-order valence-corrected chi connectivity index (χ4v) is 1.22. The van der Waals surface area contributed by atoms with Gasteiger partial charge in [0, 0.05) is 0 Å². The molecule has 7 nitrogen and oxygen atoms in total. The van der Waals surface area contributed by atoms with Crippen LogP contribution in [-0.2, 0) is 6.30 Å². The molecule has 0 fully saturated rings. The van der Waals surface area contributed by atoms with Crippen molar-refractivity contribution >= 4 is 17.1 Å². The number of aromatic amines is 1. The van der Waals surface area contributed by atoms with E-state index in [1.54, 1.807) is 5.43 Å². The predicted octanol–water partition coefficient (Wildman–Crippen LogP) is -0.119. The minimum Gasteiger partial charge on any atom is -0.339 e. The zero-order valence-electron chi connectivity index (χ0n) is 7.54. The number of nitrogens with one attached hydrogen (secondary N) is 2. The molecule has 0 radical (unpaired) electrons. The first kappa shape index (κ1) is 10.4. The van der Waals surface area contributed by atoms with Crippen LogP contribution in [0.4, 0.5) is 19.1 Å². The van der Waals surface area contributed by atoms with Gasteiger partial charge in [-0.25, -0.2) is 10.8 Å². The van der Waals surface area contributed by atoms with E-state index in [4.69, 9.17) is 5.84 Å². The van der Waals surface area contributed by atoms with Gasteiger partial charge in [0.15, 0.2) is 11.2 Å². The summed E-state index contributed by atoms with van der Waals surface area (Å²) in [6.07, 6.45) is -3.84. The van der Waals surface area contributed by atoms with Crippen molar-refractivity contribution in [2.45, 2.75) is 6.30 Å². The molecule has 0 aliphatic heterocycles. The molecule has 2 heterocycles. The zero-order chi connectivity index (χ0) is 11.9. The maximum atomic E-state index is 12.5. The Hall–Kier alpha value is -2.10. The van der Waals surface area contributed by atoms with Crippen molar-refractivity contribution < 1.29 is 13.2 Å². The number of aromatic nitrogens is 4. The summed E-state index contributed by atoms with van der Waals surface area (Å²) >= 11 is 0. The summed E-state index contributed by atoms with van der Waals surface area (Å²) in [5, 5.41) is 0. The number of hydrogen-bond acceptors (Lipinski definition) is 5. The standard InChI is InChI=1S/C6H5F3N6O/c7-6(8,9)15-4(16)2-3(12-1-11-2)13-5(15)14-10/h1H,10H2,(H,11,12)(H,13,14). The second kappa shape index (κ2) is 3.20. The van der Waals surface area contributed by atoms with Crippen LogP contribution in [0.2, 0.25) is 0 Å². The topological polar surface area (TPSA) is 102 Å². The van der Waals surface area contributed by atoms with Crippen molar-refractivity contribution in [2.24, 2.45) is 5.84 Å². The number of nitrogens with zero attached hydrogens (tertiary/aromatic N) is 3. The van der Waals surface area contributed by atoms with Gasteiger partial charge in [-0.05, 0) is 0 Å². The third-order valence-corrected chi connectivity index (χ3v) is 1.84. The van der Waals surface area contributed by atoms with E-state index in [1.165, 1.54) is 0 Å². The molecule has 2 rings (SSSR count). The van der Waals surface area contributed by atoms with Crippen LogP contribution in [0.5, 0.6) is 0 Å². The van der Waals surface area contributed by atoms with E-state index in [9.17, 15) is 18.0 Å². The SMILES string of the molecule is NNc1nc2nc[nH]c2c(=O)n1C(F)(F)F. The van der Waals surface area contributed by atoms with Crippen molar-refractivity contribution in [3.8, 4) is 0 Å². The third-order valence-electron chi connectivity index (χ3n) is 1.84. The molecule has 86 valence electrons. The smallest absolute Gasteiger partial charge is 0.339 e. The average molecular weight is 234 g/mol. The second-order valence-corrected chi connectivity index (χ2v) is 2.79. The Balaban J connectivity index is 2.89. The zero-order valence-corrected chi connectivity index (χ0v) is 7.54. The fourth-order valence-electron chi connectivity index (χ4n) is 1.22. The molecule has 0 aliphatic carbocycles. The van der Waals surface area contributed by atoms with Crippen LogP contribution < -0.4 is 16.8 Å². The highest BCUT2D eigenvalue weighted by Crippen LogP contribution is 2.23. The lowest BCUT2D eigenvalue weighted by Gasteiger charge is -2.13. The van der Waals surface area contributed by atoms with Gasteiger partial charge in [-0.2, -0.15) is 9.55 Å². The molecule has 4 N–H and O–H groups in total. The summed E-state index contributed by atoms with van der Waals surface area (Å²) in [4.78, 5) is 20.7. The van der Waals surface area contributed by atoms with Gasteiger partial charge in [0.05, 0.1) is 6.33 Å². The lowest BCUT2D eigenvalue weighted by molar-refractivity contribution is -0.204. The largest absolute Gasteiger partial charge is 0.494 e. The molecule has 0 spiro atoms. The molecular formula is C6H5F3N6O. The van der Waals surface area contributed by atoms with Crippen LogP contribution in [-0.4, -0.2) is 19.5 Å². The second-order valence-electron chi connectivity index (χ2n) is 2.79. The first-order chi connectivity index (χ1) is 7.45. The van der Waals surface area contributed by atoms with Crippen molar-refractivity contribution in [1.82, 2.24) is 19.5 Å². The normalized spacial score (nSPS) is 12.0. The Kier molecular flexibility index (Phi) is 2.08. The van der Waals surface area contributed by atoms with Gasteiger partial charge in [-0.3, -0.25) is 10.2 Å². The number of H-pyrrole nitrogens is 1. The molecular weight excluding hydrogens is 229 g/mol.